The first-order valence-electron chi connectivity index (χ1n) is 5.64. The normalized spacial score (nSPS) is 12.4. The molecule has 0 aliphatic heterocycles. The summed E-state index contributed by atoms with van der Waals surface area (Å²) in [5, 5.41) is 3.19. The number of methoxy groups -OCH3 is 1. The third-order valence-corrected chi connectivity index (χ3v) is 2.61. The Balaban J connectivity index is 2.54. The Morgan fingerprint density at radius 3 is 2.62 bits per heavy atom. The molecule has 1 aromatic carbocycles. The number of ether oxygens (including phenoxy) is 1. The van der Waals surface area contributed by atoms with Crippen molar-refractivity contribution < 1.29 is 4.74 Å². The van der Waals surface area contributed by atoms with Crippen LogP contribution in [-0.4, -0.2) is 27.3 Å². The van der Waals surface area contributed by atoms with Gasteiger partial charge in [-0.2, -0.15) is 0 Å². The van der Waals surface area contributed by atoms with Gasteiger partial charge in [0.15, 0.2) is 0 Å². The van der Waals surface area contributed by atoms with Gasteiger partial charge in [0.25, 0.3) is 0 Å². The molecule has 0 aromatic heterocycles. The second-order valence-electron chi connectivity index (χ2n) is 4.05. The molecule has 0 radical (unpaired) electrons. The summed E-state index contributed by atoms with van der Waals surface area (Å²) in [6, 6.07) is 10.3. The van der Waals surface area contributed by atoms with Gasteiger partial charge in [-0.1, -0.05) is 36.9 Å². The number of allylic oxidation sites excluding steroid dienone is 1. The molecule has 0 aliphatic rings. The average Bonchev–Trinajstić information content (AvgIpc) is 2.31. The van der Waals surface area contributed by atoms with Gasteiger partial charge in [-0.25, -0.2) is 0 Å². The van der Waals surface area contributed by atoms with Crippen molar-refractivity contribution >= 4 is 5.57 Å². The molecule has 0 bridgehead atoms. The number of nitrogens with one attached hydrogen (secondary N) is 1. The van der Waals surface area contributed by atoms with Crippen LogP contribution in [-0.2, 0) is 4.74 Å². The monoisotopic (exact) mass is 219 g/mol. The second kappa shape index (κ2) is 7.20. The van der Waals surface area contributed by atoms with E-state index < -0.39 is 0 Å². The quantitative estimate of drug-likeness (QED) is 0.761. The number of rotatable bonds is 7. The summed E-state index contributed by atoms with van der Waals surface area (Å²) in [5.41, 5.74) is 2.40. The zero-order chi connectivity index (χ0) is 11.8. The van der Waals surface area contributed by atoms with Gasteiger partial charge in [-0.15, -0.1) is 0 Å². The predicted molar refractivity (Wildman–Crippen MR) is 69.4 cm³/mol. The first kappa shape index (κ1) is 12.9. The van der Waals surface area contributed by atoms with Gasteiger partial charge >= 0.3 is 0 Å². The van der Waals surface area contributed by atoms with E-state index >= 15 is 0 Å². The summed E-state index contributed by atoms with van der Waals surface area (Å²) in [5.74, 6) is 0.489. The highest BCUT2D eigenvalue weighted by Crippen LogP contribution is 2.20. The van der Waals surface area contributed by atoms with Crippen LogP contribution in [0.25, 0.3) is 5.57 Å². The Labute approximate surface area is 98.3 Å². The van der Waals surface area contributed by atoms with E-state index in [2.05, 4.69) is 24.0 Å². The molecule has 0 fully saturated rings. The first-order chi connectivity index (χ1) is 7.77. The van der Waals surface area contributed by atoms with E-state index in [0.717, 1.165) is 19.6 Å². The van der Waals surface area contributed by atoms with Crippen LogP contribution in [0.5, 0.6) is 0 Å². The molecule has 1 aromatic rings. The Kier molecular flexibility index (Phi) is 5.83. The topological polar surface area (TPSA) is 21.3 Å². The van der Waals surface area contributed by atoms with Gasteiger partial charge < -0.3 is 10.1 Å². The van der Waals surface area contributed by atoms with Crippen molar-refractivity contribution in [3.8, 4) is 0 Å². The van der Waals surface area contributed by atoms with Crippen LogP contribution in [0.1, 0.15) is 12.0 Å². The van der Waals surface area contributed by atoms with Crippen molar-refractivity contribution in [1.82, 2.24) is 5.32 Å². The van der Waals surface area contributed by atoms with Crippen molar-refractivity contribution in [3.63, 3.8) is 0 Å². The SMILES string of the molecule is C=C(CC(CNC)COC)c1ccccc1. The lowest BCUT2D eigenvalue weighted by molar-refractivity contribution is 0.154. The number of hydrogen-bond acceptors (Lipinski definition) is 2. The highest BCUT2D eigenvalue weighted by Gasteiger charge is 2.10. The molecular weight excluding hydrogens is 198 g/mol. The molecule has 88 valence electrons. The van der Waals surface area contributed by atoms with Crippen molar-refractivity contribution in [2.75, 3.05) is 27.3 Å². The summed E-state index contributed by atoms with van der Waals surface area (Å²) in [4.78, 5) is 0. The summed E-state index contributed by atoms with van der Waals surface area (Å²) in [6.45, 7) is 5.87. The summed E-state index contributed by atoms with van der Waals surface area (Å²) < 4.78 is 5.21. The van der Waals surface area contributed by atoms with Crippen molar-refractivity contribution in [1.29, 1.82) is 0 Å². The Hall–Kier alpha value is -1.12. The van der Waals surface area contributed by atoms with E-state index in [1.54, 1.807) is 7.11 Å². The summed E-state index contributed by atoms with van der Waals surface area (Å²) in [6.07, 6.45) is 0.971. The highest BCUT2D eigenvalue weighted by molar-refractivity contribution is 5.63. The lowest BCUT2D eigenvalue weighted by Crippen LogP contribution is -2.22. The van der Waals surface area contributed by atoms with E-state index in [9.17, 15) is 0 Å². The van der Waals surface area contributed by atoms with E-state index in [0.29, 0.717) is 5.92 Å². The first-order valence-corrected chi connectivity index (χ1v) is 5.64. The highest BCUT2D eigenvalue weighted by atomic mass is 16.5. The van der Waals surface area contributed by atoms with Crippen molar-refractivity contribution in [2.24, 2.45) is 5.92 Å². The minimum Gasteiger partial charge on any atom is -0.384 e. The van der Waals surface area contributed by atoms with E-state index in [4.69, 9.17) is 4.74 Å². The molecule has 1 unspecified atom stereocenters. The Morgan fingerprint density at radius 2 is 2.06 bits per heavy atom. The maximum Gasteiger partial charge on any atom is 0.0505 e. The van der Waals surface area contributed by atoms with Crippen LogP contribution in [0, 0.1) is 5.92 Å². The molecule has 1 atom stereocenters. The third-order valence-electron chi connectivity index (χ3n) is 2.61. The second-order valence-corrected chi connectivity index (χ2v) is 4.05. The molecule has 0 saturated carbocycles. The zero-order valence-corrected chi connectivity index (χ0v) is 10.2. The molecule has 1 N–H and O–H groups in total. The molecule has 2 nitrogen and oxygen atoms in total. The Morgan fingerprint density at radius 1 is 1.38 bits per heavy atom. The molecule has 0 amide bonds. The van der Waals surface area contributed by atoms with E-state index in [1.165, 1.54) is 11.1 Å². The van der Waals surface area contributed by atoms with Crippen LogP contribution >= 0.6 is 0 Å². The molecular formula is C14H21NO. The number of benzene rings is 1. The fraction of sp³-hybridized carbons (Fsp3) is 0.429. The molecule has 0 saturated heterocycles. The van der Waals surface area contributed by atoms with Crippen molar-refractivity contribution in [2.45, 2.75) is 6.42 Å². The van der Waals surface area contributed by atoms with Gasteiger partial charge in [-0.05, 0) is 30.5 Å². The molecule has 2 heteroatoms. The molecule has 0 aliphatic carbocycles. The molecule has 0 heterocycles. The van der Waals surface area contributed by atoms with Crippen LogP contribution in [0.3, 0.4) is 0 Å². The van der Waals surface area contributed by atoms with Crippen LogP contribution in [0.2, 0.25) is 0 Å². The molecule has 1 rings (SSSR count). The van der Waals surface area contributed by atoms with Gasteiger partial charge in [0.2, 0.25) is 0 Å². The fourth-order valence-electron chi connectivity index (χ4n) is 1.85. The maximum absolute atomic E-state index is 5.21. The Bertz CT molecular complexity index is 302. The van der Waals surface area contributed by atoms with Crippen LogP contribution in [0.15, 0.2) is 36.9 Å². The zero-order valence-electron chi connectivity index (χ0n) is 10.2. The lowest BCUT2D eigenvalue weighted by atomic mass is 9.96. The van der Waals surface area contributed by atoms with Gasteiger partial charge in [0.1, 0.15) is 0 Å². The fourth-order valence-corrected chi connectivity index (χ4v) is 1.85. The average molecular weight is 219 g/mol. The van der Waals surface area contributed by atoms with E-state index in [1.807, 2.05) is 25.2 Å². The van der Waals surface area contributed by atoms with Crippen LogP contribution < -0.4 is 5.32 Å². The predicted octanol–water partition coefficient (Wildman–Crippen LogP) is 2.57. The van der Waals surface area contributed by atoms with Gasteiger partial charge in [0.05, 0.1) is 6.61 Å². The van der Waals surface area contributed by atoms with Gasteiger partial charge in [-0.3, -0.25) is 0 Å². The van der Waals surface area contributed by atoms with Gasteiger partial charge in [0, 0.05) is 13.7 Å². The maximum atomic E-state index is 5.21. The van der Waals surface area contributed by atoms with E-state index in [-0.39, 0.29) is 0 Å². The lowest BCUT2D eigenvalue weighted by Gasteiger charge is -2.17. The summed E-state index contributed by atoms with van der Waals surface area (Å²) in [7, 11) is 3.71. The minimum atomic E-state index is 0.489. The standard InChI is InChI=1S/C14H21NO/c1-12(14-7-5-4-6-8-14)9-13(10-15-2)11-16-3/h4-8,13,15H,1,9-11H2,2-3H3. The van der Waals surface area contributed by atoms with Crippen LogP contribution in [0.4, 0.5) is 0 Å². The third kappa shape index (κ3) is 4.17. The molecule has 0 spiro atoms. The number of hydrogen-bond donors (Lipinski definition) is 1. The van der Waals surface area contributed by atoms with Crippen molar-refractivity contribution in [3.05, 3.63) is 42.5 Å². The minimum absolute atomic E-state index is 0.489. The summed E-state index contributed by atoms with van der Waals surface area (Å²) >= 11 is 0. The molecule has 16 heavy (non-hydrogen) atoms. The smallest absolute Gasteiger partial charge is 0.0505 e. The largest absolute Gasteiger partial charge is 0.384 e.